The van der Waals surface area contributed by atoms with E-state index in [4.69, 9.17) is 0 Å². The second kappa shape index (κ2) is 8.36. The van der Waals surface area contributed by atoms with Crippen molar-refractivity contribution in [2.24, 2.45) is 0 Å². The molecule has 5 heteroatoms. The third-order valence-corrected chi connectivity index (χ3v) is 4.57. The lowest BCUT2D eigenvalue weighted by Gasteiger charge is -2.07. The van der Waals surface area contributed by atoms with Gasteiger partial charge in [0.25, 0.3) is 5.91 Å². The summed E-state index contributed by atoms with van der Waals surface area (Å²) in [5, 5.41) is 7.13. The molecule has 3 aromatic rings. The monoisotopic (exact) mass is 337 g/mol. The normalized spacial score (nSPS) is 10.5. The Morgan fingerprint density at radius 1 is 1.04 bits per heavy atom. The van der Waals surface area contributed by atoms with Gasteiger partial charge in [0.2, 0.25) is 0 Å². The number of carbonyl (C=O) groups excluding carboxylic acids is 1. The second-order valence-electron chi connectivity index (χ2n) is 5.29. The zero-order valence-electron chi connectivity index (χ0n) is 13.3. The predicted octanol–water partition coefficient (Wildman–Crippen LogP) is 3.54. The molecule has 1 heterocycles. The number of thioether (sulfide) groups is 1. The minimum atomic E-state index is -0.0395. The Kier molecular flexibility index (Phi) is 5.69. The van der Waals surface area contributed by atoms with Crippen molar-refractivity contribution in [3.05, 3.63) is 84.2 Å². The fourth-order valence-electron chi connectivity index (χ4n) is 2.29. The smallest absolute Gasteiger partial charge is 0.251 e. The number of carbonyl (C=O) groups is 1. The number of benzene rings is 2. The molecule has 0 bridgehead atoms. The van der Waals surface area contributed by atoms with Crippen LogP contribution in [0.25, 0.3) is 5.69 Å². The summed E-state index contributed by atoms with van der Waals surface area (Å²) in [4.78, 5) is 12.1. The molecule has 0 saturated heterocycles. The summed E-state index contributed by atoms with van der Waals surface area (Å²) in [5.74, 6) is 1.82. The van der Waals surface area contributed by atoms with E-state index < -0.39 is 0 Å². The zero-order valence-corrected chi connectivity index (χ0v) is 14.1. The molecule has 4 nitrogen and oxygen atoms in total. The summed E-state index contributed by atoms with van der Waals surface area (Å²) in [6.07, 6.45) is 3.60. The maximum absolute atomic E-state index is 12.1. The number of nitrogens with zero attached hydrogens (tertiary/aromatic N) is 2. The Morgan fingerprint density at radius 3 is 2.54 bits per heavy atom. The van der Waals surface area contributed by atoms with Crippen molar-refractivity contribution in [1.82, 2.24) is 15.1 Å². The van der Waals surface area contributed by atoms with Gasteiger partial charge in [-0.1, -0.05) is 30.3 Å². The molecule has 0 saturated carbocycles. The molecule has 0 radical (unpaired) electrons. The Bertz CT molecular complexity index is 755. The summed E-state index contributed by atoms with van der Waals surface area (Å²) >= 11 is 1.82. The van der Waals surface area contributed by atoms with Gasteiger partial charge in [-0.05, 0) is 35.9 Å². The molecule has 0 aliphatic heterocycles. The highest BCUT2D eigenvalue weighted by Crippen LogP contribution is 2.11. The average molecular weight is 337 g/mol. The van der Waals surface area contributed by atoms with E-state index in [0.29, 0.717) is 12.1 Å². The van der Waals surface area contributed by atoms with E-state index in [0.717, 1.165) is 17.2 Å². The fraction of sp³-hybridized carbons (Fsp3) is 0.158. The molecule has 1 N–H and O–H groups in total. The number of rotatable bonds is 7. The van der Waals surface area contributed by atoms with Crippen LogP contribution >= 0.6 is 11.8 Å². The second-order valence-corrected chi connectivity index (χ2v) is 6.40. The van der Waals surface area contributed by atoms with E-state index in [1.165, 1.54) is 5.56 Å². The van der Waals surface area contributed by atoms with Crippen molar-refractivity contribution in [3.63, 3.8) is 0 Å². The van der Waals surface area contributed by atoms with Crippen molar-refractivity contribution in [3.8, 4) is 5.69 Å². The minimum Gasteiger partial charge on any atom is -0.351 e. The lowest BCUT2D eigenvalue weighted by atomic mass is 10.2. The first-order valence-electron chi connectivity index (χ1n) is 7.83. The largest absolute Gasteiger partial charge is 0.351 e. The highest BCUT2D eigenvalue weighted by atomic mass is 32.2. The molecule has 1 amide bonds. The number of hydrogen-bond acceptors (Lipinski definition) is 3. The van der Waals surface area contributed by atoms with E-state index in [9.17, 15) is 4.79 Å². The molecular weight excluding hydrogens is 318 g/mol. The van der Waals surface area contributed by atoms with Crippen molar-refractivity contribution >= 4 is 17.7 Å². The van der Waals surface area contributed by atoms with Crippen molar-refractivity contribution < 1.29 is 4.79 Å². The quantitative estimate of drug-likeness (QED) is 0.671. The third-order valence-electron chi connectivity index (χ3n) is 3.54. The molecule has 0 atom stereocenters. The van der Waals surface area contributed by atoms with Crippen molar-refractivity contribution in [2.75, 3.05) is 12.3 Å². The van der Waals surface area contributed by atoms with Gasteiger partial charge in [0.05, 0.1) is 5.69 Å². The van der Waals surface area contributed by atoms with Crippen LogP contribution in [0.5, 0.6) is 0 Å². The van der Waals surface area contributed by atoms with Crippen LogP contribution in [-0.2, 0) is 5.75 Å². The Morgan fingerprint density at radius 2 is 1.83 bits per heavy atom. The SMILES string of the molecule is O=C(NCCSCc1ccccc1)c1ccc(-n2cccn2)cc1. The third kappa shape index (κ3) is 4.49. The molecule has 122 valence electrons. The Balaban J connectivity index is 1.42. The van der Waals surface area contributed by atoms with Gasteiger partial charge in [0.15, 0.2) is 0 Å². The Labute approximate surface area is 145 Å². The molecule has 3 rings (SSSR count). The average Bonchev–Trinajstić information content (AvgIpc) is 3.17. The molecule has 2 aromatic carbocycles. The van der Waals surface area contributed by atoms with E-state index in [1.54, 1.807) is 10.9 Å². The Hall–Kier alpha value is -2.53. The van der Waals surface area contributed by atoms with Gasteiger partial charge in [-0.2, -0.15) is 16.9 Å². The van der Waals surface area contributed by atoms with Crippen LogP contribution in [0.15, 0.2) is 73.1 Å². The van der Waals surface area contributed by atoms with Gasteiger partial charge in [-0.15, -0.1) is 0 Å². The number of amides is 1. The molecule has 0 fully saturated rings. The van der Waals surface area contributed by atoms with Gasteiger partial charge in [0.1, 0.15) is 0 Å². The molecule has 0 aliphatic rings. The fourth-order valence-corrected chi connectivity index (χ4v) is 3.11. The van der Waals surface area contributed by atoms with Gasteiger partial charge in [-0.25, -0.2) is 4.68 Å². The molecule has 24 heavy (non-hydrogen) atoms. The van der Waals surface area contributed by atoms with Crippen LogP contribution in [0.3, 0.4) is 0 Å². The van der Waals surface area contributed by atoms with Crippen LogP contribution in [0.4, 0.5) is 0 Å². The first-order chi connectivity index (χ1) is 11.8. The van der Waals surface area contributed by atoms with Gasteiger partial charge in [-0.3, -0.25) is 4.79 Å². The first-order valence-corrected chi connectivity index (χ1v) is 8.98. The highest BCUT2D eigenvalue weighted by molar-refractivity contribution is 7.98. The van der Waals surface area contributed by atoms with Crippen LogP contribution in [0.1, 0.15) is 15.9 Å². The van der Waals surface area contributed by atoms with Crippen molar-refractivity contribution in [2.45, 2.75) is 5.75 Å². The van der Waals surface area contributed by atoms with Crippen LogP contribution < -0.4 is 5.32 Å². The summed E-state index contributed by atoms with van der Waals surface area (Å²) in [7, 11) is 0. The summed E-state index contributed by atoms with van der Waals surface area (Å²) in [6, 6.07) is 19.7. The van der Waals surface area contributed by atoms with Crippen LogP contribution in [-0.4, -0.2) is 28.0 Å². The molecular formula is C19H19N3OS. The van der Waals surface area contributed by atoms with Crippen LogP contribution in [0.2, 0.25) is 0 Å². The number of hydrogen-bond donors (Lipinski definition) is 1. The lowest BCUT2D eigenvalue weighted by molar-refractivity contribution is 0.0956. The minimum absolute atomic E-state index is 0.0395. The van der Waals surface area contributed by atoms with E-state index >= 15 is 0 Å². The summed E-state index contributed by atoms with van der Waals surface area (Å²) < 4.78 is 1.77. The van der Waals surface area contributed by atoms with Gasteiger partial charge in [0, 0.05) is 36.0 Å². The number of aromatic nitrogens is 2. The van der Waals surface area contributed by atoms with Gasteiger partial charge < -0.3 is 5.32 Å². The molecule has 0 spiro atoms. The number of nitrogens with one attached hydrogen (secondary N) is 1. The van der Waals surface area contributed by atoms with Gasteiger partial charge >= 0.3 is 0 Å². The molecule has 1 aromatic heterocycles. The topological polar surface area (TPSA) is 46.9 Å². The molecule has 0 aliphatic carbocycles. The summed E-state index contributed by atoms with van der Waals surface area (Å²) in [5.41, 5.74) is 2.91. The highest BCUT2D eigenvalue weighted by Gasteiger charge is 2.05. The molecule has 0 unspecified atom stereocenters. The lowest BCUT2D eigenvalue weighted by Crippen LogP contribution is -2.25. The van der Waals surface area contributed by atoms with E-state index in [1.807, 2.05) is 66.5 Å². The van der Waals surface area contributed by atoms with Crippen molar-refractivity contribution in [1.29, 1.82) is 0 Å². The summed E-state index contributed by atoms with van der Waals surface area (Å²) in [6.45, 7) is 0.664. The van der Waals surface area contributed by atoms with Crippen LogP contribution in [0, 0.1) is 0 Å². The zero-order chi connectivity index (χ0) is 16.6. The predicted molar refractivity (Wildman–Crippen MR) is 98.5 cm³/mol. The standard InChI is InChI=1S/C19H19N3OS/c23-19(20-12-14-24-15-16-5-2-1-3-6-16)17-7-9-18(10-8-17)22-13-4-11-21-22/h1-11,13H,12,14-15H2,(H,20,23). The maximum atomic E-state index is 12.1. The first kappa shape index (κ1) is 16.3. The van der Waals surface area contributed by atoms with E-state index in [2.05, 4.69) is 22.5 Å². The maximum Gasteiger partial charge on any atom is 0.251 e. The van der Waals surface area contributed by atoms with E-state index in [-0.39, 0.29) is 5.91 Å².